The molecule has 0 aliphatic carbocycles. The second-order valence-corrected chi connectivity index (χ2v) is 5.91. The highest BCUT2D eigenvalue weighted by molar-refractivity contribution is 7.93. The summed E-state index contributed by atoms with van der Waals surface area (Å²) in [6.07, 6.45) is 0. The maximum Gasteiger partial charge on any atom is 0.320 e. The molecule has 0 unspecified atom stereocenters. The summed E-state index contributed by atoms with van der Waals surface area (Å²) in [5.74, 6) is -0.0401. The van der Waals surface area contributed by atoms with Crippen molar-refractivity contribution in [2.45, 2.75) is 11.3 Å². The summed E-state index contributed by atoms with van der Waals surface area (Å²) in [5.41, 5.74) is 0. The molecule has 1 heterocycles. The first kappa shape index (κ1) is 11.9. The molecule has 1 aromatic heterocycles. The maximum absolute atomic E-state index is 11.3. The maximum atomic E-state index is 11.3. The monoisotopic (exact) mass is 250 g/mol. The zero-order chi connectivity index (χ0) is 11.5. The van der Waals surface area contributed by atoms with Crippen LogP contribution in [0.15, 0.2) is 4.34 Å². The molecule has 1 aromatic rings. The summed E-state index contributed by atoms with van der Waals surface area (Å²) in [4.78, 5) is 10.9. The Kier molecular flexibility index (Phi) is 3.58. The summed E-state index contributed by atoms with van der Waals surface area (Å²) >= 11 is 0.826. The number of hydrogen-bond donors (Lipinski definition) is 2. The molecule has 9 heteroatoms. The van der Waals surface area contributed by atoms with E-state index in [1.165, 1.54) is 14.0 Å². The van der Waals surface area contributed by atoms with Crippen molar-refractivity contribution >= 4 is 32.3 Å². The van der Waals surface area contributed by atoms with E-state index in [4.69, 9.17) is 0 Å². The first-order valence-electron chi connectivity index (χ1n) is 4.04. The van der Waals surface area contributed by atoms with E-state index >= 15 is 0 Å². The third-order valence-corrected chi connectivity index (χ3v) is 4.52. The molecule has 0 aliphatic heterocycles. The van der Waals surface area contributed by atoms with Crippen LogP contribution in [0.3, 0.4) is 0 Å². The Labute approximate surface area is 90.8 Å². The third-order valence-electron chi connectivity index (χ3n) is 1.50. The van der Waals surface area contributed by atoms with Crippen molar-refractivity contribution in [3.63, 3.8) is 0 Å². The second-order valence-electron chi connectivity index (χ2n) is 2.48. The van der Waals surface area contributed by atoms with Gasteiger partial charge in [0.15, 0.2) is 0 Å². The van der Waals surface area contributed by atoms with Gasteiger partial charge >= 0.3 is 6.03 Å². The van der Waals surface area contributed by atoms with Gasteiger partial charge < -0.3 is 5.32 Å². The largest absolute Gasteiger partial charge is 0.341 e. The third kappa shape index (κ3) is 2.86. The minimum atomic E-state index is -3.35. The standard InChI is InChI=1S/C6H10N4O3S2/c1-3-15(12,13)6-10-9-5(14-6)8-4(11)7-2/h3H2,1-2H3,(H2,7,8,9,11). The number of anilines is 1. The van der Waals surface area contributed by atoms with E-state index < -0.39 is 15.9 Å². The number of nitrogens with zero attached hydrogens (tertiary/aromatic N) is 2. The highest BCUT2D eigenvalue weighted by atomic mass is 32.2. The number of amides is 2. The number of aromatic nitrogens is 2. The summed E-state index contributed by atoms with van der Waals surface area (Å²) in [6.45, 7) is 1.52. The Hall–Kier alpha value is -1.22. The highest BCUT2D eigenvalue weighted by Crippen LogP contribution is 2.20. The van der Waals surface area contributed by atoms with Gasteiger partial charge in [0.25, 0.3) is 0 Å². The average Bonchev–Trinajstić information content (AvgIpc) is 2.66. The fraction of sp³-hybridized carbons (Fsp3) is 0.500. The predicted molar refractivity (Wildman–Crippen MR) is 55.7 cm³/mol. The van der Waals surface area contributed by atoms with Crippen LogP contribution in [-0.2, 0) is 9.84 Å². The number of sulfone groups is 1. The number of carbonyl (C=O) groups is 1. The van der Waals surface area contributed by atoms with Gasteiger partial charge in [0.05, 0.1) is 5.75 Å². The second kappa shape index (κ2) is 4.53. The van der Waals surface area contributed by atoms with E-state index in [2.05, 4.69) is 20.8 Å². The van der Waals surface area contributed by atoms with E-state index in [9.17, 15) is 13.2 Å². The van der Waals surface area contributed by atoms with Crippen LogP contribution >= 0.6 is 11.3 Å². The topological polar surface area (TPSA) is 101 Å². The van der Waals surface area contributed by atoms with Crippen molar-refractivity contribution in [2.75, 3.05) is 18.1 Å². The summed E-state index contributed by atoms with van der Waals surface area (Å²) in [7, 11) is -1.90. The van der Waals surface area contributed by atoms with Crippen LogP contribution in [0.1, 0.15) is 6.92 Å². The van der Waals surface area contributed by atoms with Gasteiger partial charge in [-0.05, 0) is 0 Å². The first-order chi connectivity index (χ1) is 6.99. The molecule has 2 N–H and O–H groups in total. The molecule has 84 valence electrons. The number of rotatable bonds is 3. The van der Waals surface area contributed by atoms with E-state index in [1.54, 1.807) is 0 Å². The zero-order valence-corrected chi connectivity index (χ0v) is 9.78. The van der Waals surface area contributed by atoms with Gasteiger partial charge in [-0.3, -0.25) is 5.32 Å². The van der Waals surface area contributed by atoms with Crippen LogP contribution in [0, 0.1) is 0 Å². The minimum absolute atomic E-state index is 0.0401. The van der Waals surface area contributed by atoms with Crippen molar-refractivity contribution in [3.05, 3.63) is 0 Å². The Bertz CT molecular complexity index is 453. The fourth-order valence-electron chi connectivity index (χ4n) is 0.669. The Morgan fingerprint density at radius 2 is 2.13 bits per heavy atom. The highest BCUT2D eigenvalue weighted by Gasteiger charge is 2.18. The molecule has 0 radical (unpaired) electrons. The van der Waals surface area contributed by atoms with E-state index in [0.717, 1.165) is 11.3 Å². The quantitative estimate of drug-likeness (QED) is 0.740. The van der Waals surface area contributed by atoms with Crippen LogP contribution in [0.4, 0.5) is 9.93 Å². The molecule has 15 heavy (non-hydrogen) atoms. The lowest BCUT2D eigenvalue weighted by Gasteiger charge is -1.96. The van der Waals surface area contributed by atoms with Gasteiger partial charge in [0.1, 0.15) is 0 Å². The zero-order valence-electron chi connectivity index (χ0n) is 8.14. The minimum Gasteiger partial charge on any atom is -0.341 e. The lowest BCUT2D eigenvalue weighted by molar-refractivity contribution is 0.254. The summed E-state index contributed by atoms with van der Waals surface area (Å²) in [6, 6.07) is -0.466. The molecule has 0 atom stereocenters. The number of hydrogen-bond acceptors (Lipinski definition) is 6. The van der Waals surface area contributed by atoms with Gasteiger partial charge in [-0.15, -0.1) is 10.2 Å². The molecule has 0 bridgehead atoms. The van der Waals surface area contributed by atoms with Crippen molar-refractivity contribution in [2.24, 2.45) is 0 Å². The molecule has 0 aromatic carbocycles. The van der Waals surface area contributed by atoms with Gasteiger partial charge in [-0.25, -0.2) is 13.2 Å². The summed E-state index contributed by atoms with van der Waals surface area (Å²) < 4.78 is 22.6. The van der Waals surface area contributed by atoms with Crippen molar-refractivity contribution < 1.29 is 13.2 Å². The molecule has 1 rings (SSSR count). The molecule has 2 amide bonds. The first-order valence-corrected chi connectivity index (χ1v) is 6.51. The predicted octanol–water partition coefficient (Wildman–Crippen LogP) is 0.0830. The molecule has 0 saturated heterocycles. The van der Waals surface area contributed by atoms with Crippen LogP contribution in [0.2, 0.25) is 0 Å². The number of nitrogens with one attached hydrogen (secondary N) is 2. The van der Waals surface area contributed by atoms with E-state index in [0.29, 0.717) is 0 Å². The molecule has 0 fully saturated rings. The molecule has 0 saturated carbocycles. The normalized spacial score (nSPS) is 11.1. The molecular formula is C6H10N4O3S2. The Morgan fingerprint density at radius 3 is 2.67 bits per heavy atom. The summed E-state index contributed by atoms with van der Waals surface area (Å²) in [5, 5.41) is 11.8. The molecule has 7 nitrogen and oxygen atoms in total. The lowest BCUT2D eigenvalue weighted by atomic mass is 10.9. The van der Waals surface area contributed by atoms with Gasteiger partial charge in [0.2, 0.25) is 19.3 Å². The van der Waals surface area contributed by atoms with Crippen molar-refractivity contribution in [1.82, 2.24) is 15.5 Å². The van der Waals surface area contributed by atoms with Crippen molar-refractivity contribution in [1.29, 1.82) is 0 Å². The Morgan fingerprint density at radius 1 is 1.47 bits per heavy atom. The van der Waals surface area contributed by atoms with Gasteiger partial charge in [0, 0.05) is 7.05 Å². The Balaban J connectivity index is 2.86. The lowest BCUT2D eigenvalue weighted by Crippen LogP contribution is -2.24. The van der Waals surface area contributed by atoms with Crippen LogP contribution < -0.4 is 10.6 Å². The number of urea groups is 1. The molecule has 0 aliphatic rings. The molecular weight excluding hydrogens is 240 g/mol. The SMILES string of the molecule is CCS(=O)(=O)c1nnc(NC(=O)NC)s1. The van der Waals surface area contributed by atoms with Crippen molar-refractivity contribution in [3.8, 4) is 0 Å². The van der Waals surface area contributed by atoms with Crippen LogP contribution in [0.25, 0.3) is 0 Å². The van der Waals surface area contributed by atoms with E-state index in [-0.39, 0.29) is 15.2 Å². The van der Waals surface area contributed by atoms with Crippen LogP contribution in [0.5, 0.6) is 0 Å². The van der Waals surface area contributed by atoms with Crippen LogP contribution in [-0.4, -0.2) is 37.4 Å². The van der Waals surface area contributed by atoms with Gasteiger partial charge in [-0.2, -0.15) is 0 Å². The molecule has 0 spiro atoms. The van der Waals surface area contributed by atoms with Gasteiger partial charge in [-0.1, -0.05) is 18.3 Å². The smallest absolute Gasteiger partial charge is 0.320 e. The fourth-order valence-corrected chi connectivity index (χ4v) is 2.65. The average molecular weight is 250 g/mol. The number of carbonyl (C=O) groups excluding carboxylic acids is 1. The van der Waals surface area contributed by atoms with E-state index in [1.807, 2.05) is 0 Å².